The van der Waals surface area contributed by atoms with Crippen LogP contribution in [0, 0.1) is 0 Å². The maximum atomic E-state index is 6.25. The van der Waals surface area contributed by atoms with E-state index in [1.165, 1.54) is 10.9 Å². The van der Waals surface area contributed by atoms with Crippen LogP contribution in [-0.2, 0) is 13.2 Å². The molecule has 0 aliphatic heterocycles. The van der Waals surface area contributed by atoms with Gasteiger partial charge in [-0.3, -0.25) is 0 Å². The van der Waals surface area contributed by atoms with Crippen LogP contribution in [-0.4, -0.2) is 16.7 Å². The van der Waals surface area contributed by atoms with Crippen LogP contribution in [0.3, 0.4) is 0 Å². The number of hydrogen-bond acceptors (Lipinski definition) is 3. The molecule has 30 heavy (non-hydrogen) atoms. The number of rotatable bonds is 6. The Balaban J connectivity index is 1.48. The van der Waals surface area contributed by atoms with Gasteiger partial charge in [0.15, 0.2) is 0 Å². The summed E-state index contributed by atoms with van der Waals surface area (Å²) in [5.41, 5.74) is 3.26. The van der Waals surface area contributed by atoms with Gasteiger partial charge in [-0.1, -0.05) is 60.7 Å². The van der Waals surface area contributed by atoms with E-state index in [0.29, 0.717) is 6.61 Å². The van der Waals surface area contributed by atoms with Crippen molar-refractivity contribution < 1.29 is 9.47 Å². The van der Waals surface area contributed by atoms with Crippen molar-refractivity contribution in [2.45, 2.75) is 13.2 Å². The Morgan fingerprint density at radius 2 is 1.57 bits per heavy atom. The van der Waals surface area contributed by atoms with Crippen molar-refractivity contribution in [3.05, 3.63) is 102 Å². The Kier molecular flexibility index (Phi) is 4.81. The molecule has 1 heterocycles. The second-order valence-corrected chi connectivity index (χ2v) is 7.22. The first-order valence-corrected chi connectivity index (χ1v) is 9.99. The summed E-state index contributed by atoms with van der Waals surface area (Å²) in [5.74, 6) is 2.63. The molecule has 5 aromatic rings. The Labute approximate surface area is 175 Å². The maximum Gasteiger partial charge on any atom is 0.148 e. The molecule has 0 atom stereocenters. The van der Waals surface area contributed by atoms with Crippen molar-refractivity contribution >= 4 is 21.8 Å². The molecule has 0 saturated heterocycles. The first kappa shape index (κ1) is 18.3. The summed E-state index contributed by atoms with van der Waals surface area (Å²) in [4.78, 5) is 4.85. The van der Waals surface area contributed by atoms with E-state index in [0.717, 1.165) is 40.3 Å². The van der Waals surface area contributed by atoms with E-state index < -0.39 is 0 Å². The zero-order valence-corrected chi connectivity index (χ0v) is 16.8. The largest absolute Gasteiger partial charge is 0.497 e. The lowest BCUT2D eigenvalue weighted by atomic mass is 10.1. The minimum Gasteiger partial charge on any atom is -0.497 e. The van der Waals surface area contributed by atoms with Gasteiger partial charge in [-0.05, 0) is 41.3 Å². The lowest BCUT2D eigenvalue weighted by molar-refractivity contribution is 0.295. The van der Waals surface area contributed by atoms with Gasteiger partial charge in [-0.2, -0.15) is 0 Å². The third kappa shape index (κ3) is 3.48. The predicted octanol–water partition coefficient (Wildman–Crippen LogP) is 5.83. The fraction of sp³-hybridized carbons (Fsp3) is 0.115. The quantitative estimate of drug-likeness (QED) is 0.364. The van der Waals surface area contributed by atoms with Crippen LogP contribution < -0.4 is 9.47 Å². The number of aromatic nitrogens is 2. The molecule has 0 fully saturated rings. The van der Waals surface area contributed by atoms with Crippen LogP contribution in [0.25, 0.3) is 21.8 Å². The molecule has 4 nitrogen and oxygen atoms in total. The molecule has 0 radical (unpaired) electrons. The molecule has 4 aromatic carbocycles. The summed E-state index contributed by atoms with van der Waals surface area (Å²) in [7, 11) is 1.68. The summed E-state index contributed by atoms with van der Waals surface area (Å²) < 4.78 is 13.8. The molecule has 5 rings (SSSR count). The lowest BCUT2D eigenvalue weighted by Crippen LogP contribution is -2.08. The second kappa shape index (κ2) is 7.91. The summed E-state index contributed by atoms with van der Waals surface area (Å²) in [5, 5.41) is 2.28. The zero-order valence-electron chi connectivity index (χ0n) is 16.8. The van der Waals surface area contributed by atoms with Gasteiger partial charge < -0.3 is 14.0 Å². The molecule has 0 spiro atoms. The number of fused-ring (bicyclic) bond motifs is 2. The Bertz CT molecular complexity index is 1300. The molecular weight excluding hydrogens is 372 g/mol. The van der Waals surface area contributed by atoms with E-state index in [9.17, 15) is 0 Å². The van der Waals surface area contributed by atoms with Crippen molar-refractivity contribution in [2.24, 2.45) is 0 Å². The third-order valence-corrected chi connectivity index (χ3v) is 5.34. The van der Waals surface area contributed by atoms with Gasteiger partial charge in [-0.15, -0.1) is 0 Å². The van der Waals surface area contributed by atoms with E-state index in [1.807, 2.05) is 54.6 Å². The van der Waals surface area contributed by atoms with Crippen LogP contribution in [0.2, 0.25) is 0 Å². The number of hydrogen-bond donors (Lipinski definition) is 0. The molecule has 0 N–H and O–H groups in total. The van der Waals surface area contributed by atoms with Gasteiger partial charge in [-0.25, -0.2) is 4.98 Å². The molecule has 0 amide bonds. The summed E-state index contributed by atoms with van der Waals surface area (Å²) in [6, 6.07) is 30.8. The minimum atomic E-state index is 0.402. The summed E-state index contributed by atoms with van der Waals surface area (Å²) >= 11 is 0. The van der Waals surface area contributed by atoms with Crippen molar-refractivity contribution in [3.8, 4) is 11.5 Å². The van der Waals surface area contributed by atoms with E-state index in [4.69, 9.17) is 14.5 Å². The molecule has 0 unspecified atom stereocenters. The molecular formula is C26H22N2O2. The first-order valence-electron chi connectivity index (χ1n) is 9.99. The molecule has 0 aliphatic carbocycles. The Hall–Kier alpha value is -3.79. The topological polar surface area (TPSA) is 36.3 Å². The highest BCUT2D eigenvalue weighted by atomic mass is 16.5. The van der Waals surface area contributed by atoms with E-state index in [2.05, 4.69) is 41.0 Å². The summed E-state index contributed by atoms with van der Waals surface area (Å²) in [6.45, 7) is 1.12. The fourth-order valence-corrected chi connectivity index (χ4v) is 3.79. The predicted molar refractivity (Wildman–Crippen MR) is 120 cm³/mol. The minimum absolute atomic E-state index is 0.402. The number of benzene rings is 4. The van der Waals surface area contributed by atoms with E-state index in [-0.39, 0.29) is 0 Å². The number of para-hydroxylation sites is 2. The van der Waals surface area contributed by atoms with Crippen molar-refractivity contribution in [2.75, 3.05) is 7.11 Å². The zero-order chi connectivity index (χ0) is 20.3. The monoisotopic (exact) mass is 394 g/mol. The van der Waals surface area contributed by atoms with Gasteiger partial charge >= 0.3 is 0 Å². The van der Waals surface area contributed by atoms with Crippen LogP contribution in [0.4, 0.5) is 0 Å². The van der Waals surface area contributed by atoms with Crippen LogP contribution in [0.1, 0.15) is 11.4 Å². The van der Waals surface area contributed by atoms with Crippen LogP contribution in [0.15, 0.2) is 91.0 Å². The standard InChI is InChI=1S/C26H22N2O2/c1-29-21-15-13-19(14-16-21)17-28-24-11-5-4-10-23(24)27-26(28)18-30-25-12-6-8-20-7-2-3-9-22(20)25/h2-16H,17-18H2,1H3. The number of imidazole rings is 1. The third-order valence-electron chi connectivity index (χ3n) is 5.34. The van der Waals surface area contributed by atoms with E-state index in [1.54, 1.807) is 7.11 Å². The molecule has 0 bridgehead atoms. The van der Waals surface area contributed by atoms with Gasteiger partial charge in [0.05, 0.1) is 18.1 Å². The van der Waals surface area contributed by atoms with Gasteiger partial charge in [0.1, 0.15) is 23.9 Å². The summed E-state index contributed by atoms with van der Waals surface area (Å²) in [6.07, 6.45) is 0. The van der Waals surface area contributed by atoms with Gasteiger partial charge in [0.25, 0.3) is 0 Å². The maximum absolute atomic E-state index is 6.25. The number of nitrogens with zero attached hydrogens (tertiary/aromatic N) is 2. The average molecular weight is 394 g/mol. The first-order chi connectivity index (χ1) is 14.8. The highest BCUT2D eigenvalue weighted by Crippen LogP contribution is 2.27. The number of ether oxygens (including phenoxy) is 2. The lowest BCUT2D eigenvalue weighted by Gasteiger charge is -2.12. The SMILES string of the molecule is COc1ccc(Cn2c(COc3cccc4ccccc34)nc3ccccc32)cc1. The highest BCUT2D eigenvalue weighted by molar-refractivity contribution is 5.88. The van der Waals surface area contributed by atoms with Gasteiger partial charge in [0, 0.05) is 11.9 Å². The molecule has 0 aliphatic rings. The average Bonchev–Trinajstić information content (AvgIpc) is 3.15. The second-order valence-electron chi connectivity index (χ2n) is 7.22. The number of methoxy groups -OCH3 is 1. The van der Waals surface area contributed by atoms with Crippen LogP contribution >= 0.6 is 0 Å². The molecule has 0 saturated carbocycles. The molecule has 148 valence electrons. The van der Waals surface area contributed by atoms with Crippen molar-refractivity contribution in [1.82, 2.24) is 9.55 Å². The normalized spacial score (nSPS) is 11.1. The Morgan fingerprint density at radius 3 is 2.43 bits per heavy atom. The highest BCUT2D eigenvalue weighted by Gasteiger charge is 2.12. The van der Waals surface area contributed by atoms with Crippen molar-refractivity contribution in [3.63, 3.8) is 0 Å². The fourth-order valence-electron chi connectivity index (χ4n) is 3.79. The van der Waals surface area contributed by atoms with Crippen molar-refractivity contribution in [1.29, 1.82) is 0 Å². The van der Waals surface area contributed by atoms with E-state index >= 15 is 0 Å². The Morgan fingerprint density at radius 1 is 0.800 bits per heavy atom. The molecule has 4 heteroatoms. The smallest absolute Gasteiger partial charge is 0.148 e. The van der Waals surface area contributed by atoms with Gasteiger partial charge in [0.2, 0.25) is 0 Å². The molecule has 1 aromatic heterocycles. The van der Waals surface area contributed by atoms with Crippen LogP contribution in [0.5, 0.6) is 11.5 Å².